The molecule has 0 spiro atoms. The molecule has 5 heterocycles. The second-order valence-electron chi connectivity index (χ2n) is 8.03. The minimum Gasteiger partial charge on any atom is -0.355 e. The topological polar surface area (TPSA) is 83.6 Å². The number of anilines is 1. The third-order valence-electron chi connectivity index (χ3n) is 5.92. The summed E-state index contributed by atoms with van der Waals surface area (Å²) in [6, 6.07) is 2.02. The summed E-state index contributed by atoms with van der Waals surface area (Å²) in [6.07, 6.45) is 9.81. The quantitative estimate of drug-likeness (QED) is 0.704. The van der Waals surface area contributed by atoms with Crippen molar-refractivity contribution in [2.24, 2.45) is 13.0 Å². The highest BCUT2D eigenvalue weighted by molar-refractivity contribution is 5.78. The molecule has 2 fully saturated rings. The number of piperidine rings is 1. The van der Waals surface area contributed by atoms with Gasteiger partial charge in [-0.25, -0.2) is 9.50 Å². The summed E-state index contributed by atoms with van der Waals surface area (Å²) in [6.45, 7) is 5.20. The fourth-order valence-electron chi connectivity index (χ4n) is 4.38. The standard InChI is InChI=1S/C20H26N8O/c1-25-12-16(10-23-25)17-13-28-18(2-5-22-28)20(24-17)27-7-3-15(4-8-27)11-26-9-6-21-19(29)14-26/h2,5,10,12-13,15H,3-4,6-9,11,14H2,1H3,(H,21,29). The predicted octanol–water partition coefficient (Wildman–Crippen LogP) is 0.778. The van der Waals surface area contributed by atoms with Crippen molar-refractivity contribution in [1.29, 1.82) is 0 Å². The van der Waals surface area contributed by atoms with Gasteiger partial charge >= 0.3 is 0 Å². The highest BCUT2D eigenvalue weighted by atomic mass is 16.2. The molecule has 3 aromatic heterocycles. The lowest BCUT2D eigenvalue weighted by Crippen LogP contribution is -2.50. The first-order valence-electron chi connectivity index (χ1n) is 10.2. The van der Waals surface area contributed by atoms with Crippen molar-refractivity contribution in [3.05, 3.63) is 30.9 Å². The van der Waals surface area contributed by atoms with Crippen molar-refractivity contribution in [3.8, 4) is 11.3 Å². The molecule has 0 atom stereocenters. The molecule has 0 aromatic carbocycles. The predicted molar refractivity (Wildman–Crippen MR) is 110 cm³/mol. The van der Waals surface area contributed by atoms with Crippen molar-refractivity contribution in [2.45, 2.75) is 12.8 Å². The first-order valence-corrected chi connectivity index (χ1v) is 10.2. The Bertz CT molecular complexity index is 1020. The summed E-state index contributed by atoms with van der Waals surface area (Å²) in [5.41, 5.74) is 2.90. The first kappa shape index (κ1) is 18.1. The molecule has 2 aliphatic rings. The Morgan fingerprint density at radius 1 is 1.17 bits per heavy atom. The van der Waals surface area contributed by atoms with E-state index >= 15 is 0 Å². The van der Waals surface area contributed by atoms with Gasteiger partial charge in [-0.05, 0) is 24.8 Å². The number of amides is 1. The zero-order chi connectivity index (χ0) is 19.8. The molecule has 0 bridgehead atoms. The van der Waals surface area contributed by atoms with Crippen LogP contribution >= 0.6 is 0 Å². The number of hydrogen-bond acceptors (Lipinski definition) is 6. The average Bonchev–Trinajstić information content (AvgIpc) is 3.37. The monoisotopic (exact) mass is 394 g/mol. The average molecular weight is 394 g/mol. The summed E-state index contributed by atoms with van der Waals surface area (Å²) in [7, 11) is 1.91. The maximum atomic E-state index is 11.6. The highest BCUT2D eigenvalue weighted by Crippen LogP contribution is 2.28. The van der Waals surface area contributed by atoms with Gasteiger partial charge in [0.2, 0.25) is 5.91 Å². The van der Waals surface area contributed by atoms with Crippen molar-refractivity contribution in [1.82, 2.24) is 34.6 Å². The largest absolute Gasteiger partial charge is 0.355 e. The lowest BCUT2D eigenvalue weighted by Gasteiger charge is -2.36. The molecule has 3 aromatic rings. The van der Waals surface area contributed by atoms with Gasteiger partial charge in [-0.1, -0.05) is 0 Å². The van der Waals surface area contributed by atoms with Crippen LogP contribution in [-0.2, 0) is 11.8 Å². The summed E-state index contributed by atoms with van der Waals surface area (Å²) < 4.78 is 3.69. The SMILES string of the molecule is Cn1cc(-c2cn3nccc3c(N3CCC(CN4CCNC(=O)C4)CC3)n2)cn1. The number of piperazine rings is 1. The number of aryl methyl sites for hydroxylation is 1. The molecule has 9 nitrogen and oxygen atoms in total. The van der Waals surface area contributed by atoms with E-state index in [-0.39, 0.29) is 5.91 Å². The van der Waals surface area contributed by atoms with Gasteiger partial charge in [-0.3, -0.25) is 14.4 Å². The molecule has 0 aliphatic carbocycles. The van der Waals surface area contributed by atoms with Crippen LogP contribution in [0.15, 0.2) is 30.9 Å². The minimum atomic E-state index is 0.147. The van der Waals surface area contributed by atoms with Gasteiger partial charge in [0, 0.05) is 51.5 Å². The molecule has 0 radical (unpaired) electrons. The van der Waals surface area contributed by atoms with Gasteiger partial charge in [0.1, 0.15) is 5.52 Å². The van der Waals surface area contributed by atoms with Crippen LogP contribution in [0.4, 0.5) is 5.82 Å². The van der Waals surface area contributed by atoms with E-state index in [1.54, 1.807) is 4.68 Å². The summed E-state index contributed by atoms with van der Waals surface area (Å²) >= 11 is 0. The molecule has 1 N–H and O–H groups in total. The number of aromatic nitrogens is 5. The van der Waals surface area contributed by atoms with E-state index in [2.05, 4.69) is 25.3 Å². The first-order chi connectivity index (χ1) is 14.2. The molecule has 9 heteroatoms. The van der Waals surface area contributed by atoms with E-state index in [4.69, 9.17) is 4.98 Å². The molecule has 29 heavy (non-hydrogen) atoms. The smallest absolute Gasteiger partial charge is 0.234 e. The molecular weight excluding hydrogens is 368 g/mol. The second kappa shape index (κ2) is 7.47. The van der Waals surface area contributed by atoms with Gasteiger partial charge in [-0.15, -0.1) is 0 Å². The lowest BCUT2D eigenvalue weighted by molar-refractivity contribution is -0.124. The van der Waals surface area contributed by atoms with Gasteiger partial charge in [0.05, 0.1) is 30.8 Å². The van der Waals surface area contributed by atoms with Crippen LogP contribution < -0.4 is 10.2 Å². The minimum absolute atomic E-state index is 0.147. The van der Waals surface area contributed by atoms with Crippen LogP contribution in [0.2, 0.25) is 0 Å². The molecular formula is C20H26N8O. The third kappa shape index (κ3) is 3.69. The van der Waals surface area contributed by atoms with E-state index in [0.717, 1.165) is 68.2 Å². The molecule has 0 saturated carbocycles. The Labute approximate surface area is 169 Å². The third-order valence-corrected chi connectivity index (χ3v) is 5.92. The zero-order valence-corrected chi connectivity index (χ0v) is 16.7. The van der Waals surface area contributed by atoms with Crippen LogP contribution in [-0.4, -0.2) is 74.5 Å². The molecule has 152 valence electrons. The van der Waals surface area contributed by atoms with Crippen molar-refractivity contribution >= 4 is 17.2 Å². The number of nitrogens with one attached hydrogen (secondary N) is 1. The number of fused-ring (bicyclic) bond motifs is 1. The maximum Gasteiger partial charge on any atom is 0.234 e. The normalized spacial score (nSPS) is 19.1. The van der Waals surface area contributed by atoms with E-state index in [1.165, 1.54) is 0 Å². The number of carbonyl (C=O) groups excluding carboxylic acids is 1. The zero-order valence-electron chi connectivity index (χ0n) is 16.7. The summed E-state index contributed by atoms with van der Waals surface area (Å²) in [5, 5.41) is 11.6. The van der Waals surface area contributed by atoms with E-state index in [9.17, 15) is 4.79 Å². The number of hydrogen-bond donors (Lipinski definition) is 1. The molecule has 1 amide bonds. The molecule has 0 unspecified atom stereocenters. The number of rotatable bonds is 4. The van der Waals surface area contributed by atoms with Crippen molar-refractivity contribution < 1.29 is 4.79 Å². The fraction of sp³-hybridized carbons (Fsp3) is 0.500. The van der Waals surface area contributed by atoms with Gasteiger partial charge in [0.25, 0.3) is 0 Å². The van der Waals surface area contributed by atoms with E-state index in [0.29, 0.717) is 12.5 Å². The van der Waals surface area contributed by atoms with E-state index in [1.807, 2.05) is 42.4 Å². The Morgan fingerprint density at radius 2 is 2.03 bits per heavy atom. The van der Waals surface area contributed by atoms with Gasteiger partial charge < -0.3 is 10.2 Å². The van der Waals surface area contributed by atoms with Gasteiger partial charge in [-0.2, -0.15) is 10.2 Å². The summed E-state index contributed by atoms with van der Waals surface area (Å²) in [5.74, 6) is 1.76. The Morgan fingerprint density at radius 3 is 2.79 bits per heavy atom. The van der Waals surface area contributed by atoms with Crippen molar-refractivity contribution in [3.63, 3.8) is 0 Å². The Balaban J connectivity index is 1.32. The maximum absolute atomic E-state index is 11.6. The van der Waals surface area contributed by atoms with Crippen LogP contribution in [0.25, 0.3) is 16.8 Å². The number of nitrogens with zero attached hydrogens (tertiary/aromatic N) is 7. The lowest BCUT2D eigenvalue weighted by atomic mass is 9.96. The highest BCUT2D eigenvalue weighted by Gasteiger charge is 2.26. The van der Waals surface area contributed by atoms with Crippen LogP contribution in [0.5, 0.6) is 0 Å². The fourth-order valence-corrected chi connectivity index (χ4v) is 4.38. The van der Waals surface area contributed by atoms with Crippen LogP contribution in [0.3, 0.4) is 0 Å². The molecule has 2 aliphatic heterocycles. The summed E-state index contributed by atoms with van der Waals surface area (Å²) in [4.78, 5) is 21.3. The molecule has 5 rings (SSSR count). The van der Waals surface area contributed by atoms with Gasteiger partial charge in [0.15, 0.2) is 5.82 Å². The Kier molecular flexibility index (Phi) is 4.67. The van der Waals surface area contributed by atoms with E-state index < -0.39 is 0 Å². The molecule has 2 saturated heterocycles. The van der Waals surface area contributed by atoms with Crippen LogP contribution in [0, 0.1) is 5.92 Å². The van der Waals surface area contributed by atoms with Crippen LogP contribution in [0.1, 0.15) is 12.8 Å². The second-order valence-corrected chi connectivity index (χ2v) is 8.03. The number of carbonyl (C=O) groups is 1. The van der Waals surface area contributed by atoms with Crippen molar-refractivity contribution in [2.75, 3.05) is 44.2 Å². The Hall–Kier alpha value is -2.94.